The number of rotatable bonds is 8. The topological polar surface area (TPSA) is 72.7 Å². The zero-order valence-corrected chi connectivity index (χ0v) is 19.1. The third kappa shape index (κ3) is 5.39. The molecular formula is C22H31N5O3S. The van der Waals surface area contributed by atoms with Crippen LogP contribution in [0.4, 0.5) is 5.95 Å². The van der Waals surface area contributed by atoms with E-state index in [0.717, 1.165) is 49.2 Å². The van der Waals surface area contributed by atoms with Crippen molar-refractivity contribution < 1.29 is 14.3 Å². The Balaban J connectivity index is 1.44. The molecule has 2 aromatic rings. The molecule has 8 nitrogen and oxygen atoms in total. The first-order valence-corrected chi connectivity index (χ1v) is 11.9. The molecule has 0 spiro atoms. The maximum Gasteiger partial charge on any atom is 0.233 e. The lowest BCUT2D eigenvalue weighted by Crippen LogP contribution is -2.38. The molecule has 1 aromatic heterocycles. The van der Waals surface area contributed by atoms with E-state index in [1.807, 2.05) is 32.2 Å². The van der Waals surface area contributed by atoms with E-state index >= 15 is 0 Å². The summed E-state index contributed by atoms with van der Waals surface area (Å²) in [5.74, 6) is 1.24. The third-order valence-electron chi connectivity index (χ3n) is 5.98. The van der Waals surface area contributed by atoms with Gasteiger partial charge in [0.1, 0.15) is 0 Å². The molecule has 0 radical (unpaired) electrons. The van der Waals surface area contributed by atoms with Crippen LogP contribution in [0.2, 0.25) is 0 Å². The van der Waals surface area contributed by atoms with Crippen molar-refractivity contribution in [2.75, 3.05) is 50.6 Å². The maximum absolute atomic E-state index is 12.9. The van der Waals surface area contributed by atoms with Crippen molar-refractivity contribution in [1.29, 1.82) is 0 Å². The number of thioether (sulfide) groups is 1. The van der Waals surface area contributed by atoms with Crippen LogP contribution in [0.1, 0.15) is 31.4 Å². The lowest BCUT2D eigenvalue weighted by atomic mass is 10.1. The monoisotopic (exact) mass is 445 g/mol. The fourth-order valence-corrected chi connectivity index (χ4v) is 4.80. The van der Waals surface area contributed by atoms with Gasteiger partial charge < -0.3 is 19.3 Å². The van der Waals surface area contributed by atoms with Gasteiger partial charge in [0.05, 0.1) is 37.7 Å². The molecule has 168 valence electrons. The molecule has 0 saturated carbocycles. The number of carbonyl (C=O) groups is 1. The summed E-state index contributed by atoms with van der Waals surface area (Å²) in [5, 5.41) is 9.67. The Kier molecular flexibility index (Phi) is 7.47. The fraction of sp³-hybridized carbons (Fsp3) is 0.591. The second-order valence-electron chi connectivity index (χ2n) is 8.01. The smallest absolute Gasteiger partial charge is 0.233 e. The van der Waals surface area contributed by atoms with Crippen LogP contribution in [0.5, 0.6) is 0 Å². The van der Waals surface area contributed by atoms with Crippen molar-refractivity contribution in [3.05, 3.63) is 35.9 Å². The number of benzene rings is 1. The van der Waals surface area contributed by atoms with Crippen LogP contribution in [0.25, 0.3) is 0 Å². The molecule has 31 heavy (non-hydrogen) atoms. The number of aromatic nitrogens is 3. The molecule has 2 fully saturated rings. The largest absolute Gasteiger partial charge is 0.378 e. The molecule has 2 unspecified atom stereocenters. The van der Waals surface area contributed by atoms with Gasteiger partial charge in [0.15, 0.2) is 5.16 Å². The molecule has 1 amide bonds. The van der Waals surface area contributed by atoms with Crippen LogP contribution in [-0.4, -0.2) is 77.4 Å². The maximum atomic E-state index is 12.9. The molecule has 2 atom stereocenters. The second-order valence-corrected chi connectivity index (χ2v) is 8.95. The molecule has 1 aromatic carbocycles. The van der Waals surface area contributed by atoms with E-state index in [-0.39, 0.29) is 18.1 Å². The van der Waals surface area contributed by atoms with E-state index in [0.29, 0.717) is 25.5 Å². The number of nitrogens with zero attached hydrogens (tertiary/aromatic N) is 5. The van der Waals surface area contributed by atoms with E-state index in [1.165, 1.54) is 11.8 Å². The second kappa shape index (κ2) is 10.5. The minimum absolute atomic E-state index is 0.0166. The van der Waals surface area contributed by atoms with Gasteiger partial charge in [-0.3, -0.25) is 9.36 Å². The van der Waals surface area contributed by atoms with E-state index < -0.39 is 0 Å². The van der Waals surface area contributed by atoms with Gasteiger partial charge in [-0.1, -0.05) is 42.1 Å². The fourth-order valence-electron chi connectivity index (χ4n) is 3.94. The van der Waals surface area contributed by atoms with Gasteiger partial charge in [0, 0.05) is 26.7 Å². The van der Waals surface area contributed by atoms with Crippen molar-refractivity contribution in [1.82, 2.24) is 19.7 Å². The lowest BCUT2D eigenvalue weighted by Gasteiger charge is -2.28. The summed E-state index contributed by atoms with van der Waals surface area (Å²) >= 11 is 1.45. The Morgan fingerprint density at radius 2 is 2.00 bits per heavy atom. The van der Waals surface area contributed by atoms with Crippen molar-refractivity contribution in [3.8, 4) is 0 Å². The summed E-state index contributed by atoms with van der Waals surface area (Å²) in [6, 6.07) is 10.1. The minimum Gasteiger partial charge on any atom is -0.378 e. The Hall–Kier alpha value is -2.10. The SMILES string of the molecule is CC(c1ccccc1)N(C)C(=O)CSc1nnc(N2CCOCC2)n1CC1CCCO1. The molecule has 2 aliphatic rings. The average Bonchev–Trinajstić information content (AvgIpc) is 3.48. The molecule has 0 N–H and O–H groups in total. The lowest BCUT2D eigenvalue weighted by molar-refractivity contribution is -0.128. The van der Waals surface area contributed by atoms with Gasteiger partial charge in [-0.15, -0.1) is 10.2 Å². The number of hydrogen-bond donors (Lipinski definition) is 0. The predicted octanol–water partition coefficient (Wildman–Crippen LogP) is 2.61. The number of ether oxygens (including phenoxy) is 2. The summed E-state index contributed by atoms with van der Waals surface area (Å²) in [7, 11) is 1.86. The quantitative estimate of drug-likeness (QED) is 0.578. The highest BCUT2D eigenvalue weighted by Crippen LogP contribution is 2.27. The van der Waals surface area contributed by atoms with Gasteiger partial charge >= 0.3 is 0 Å². The third-order valence-corrected chi connectivity index (χ3v) is 6.93. The number of carbonyl (C=O) groups excluding carboxylic acids is 1. The molecule has 9 heteroatoms. The summed E-state index contributed by atoms with van der Waals surface area (Å²) in [4.78, 5) is 16.9. The van der Waals surface area contributed by atoms with Crippen LogP contribution in [0, 0.1) is 0 Å². The van der Waals surface area contributed by atoms with Crippen LogP contribution in [0.3, 0.4) is 0 Å². The highest BCUT2D eigenvalue weighted by Gasteiger charge is 2.26. The van der Waals surface area contributed by atoms with Gasteiger partial charge in [0.2, 0.25) is 11.9 Å². The minimum atomic E-state index is 0.0166. The van der Waals surface area contributed by atoms with Gasteiger partial charge in [-0.2, -0.15) is 0 Å². The Morgan fingerprint density at radius 3 is 2.71 bits per heavy atom. The Bertz CT molecular complexity index is 850. The summed E-state index contributed by atoms with van der Waals surface area (Å²) < 4.78 is 13.5. The van der Waals surface area contributed by atoms with Crippen molar-refractivity contribution in [3.63, 3.8) is 0 Å². The van der Waals surface area contributed by atoms with Crippen LogP contribution >= 0.6 is 11.8 Å². The predicted molar refractivity (Wildman–Crippen MR) is 120 cm³/mol. The number of morpholine rings is 1. The Morgan fingerprint density at radius 1 is 1.23 bits per heavy atom. The normalized spacial score (nSPS) is 20.1. The van der Waals surface area contributed by atoms with Crippen LogP contribution in [0.15, 0.2) is 35.5 Å². The molecule has 0 bridgehead atoms. The zero-order valence-electron chi connectivity index (χ0n) is 18.3. The molecule has 0 aliphatic carbocycles. The van der Waals surface area contributed by atoms with Crippen LogP contribution < -0.4 is 4.90 Å². The van der Waals surface area contributed by atoms with E-state index in [2.05, 4.69) is 31.8 Å². The summed E-state index contributed by atoms with van der Waals surface area (Å²) in [5.41, 5.74) is 1.12. The average molecular weight is 446 g/mol. The highest BCUT2D eigenvalue weighted by molar-refractivity contribution is 7.99. The van der Waals surface area contributed by atoms with Crippen LogP contribution in [-0.2, 0) is 20.8 Å². The first kappa shape index (κ1) is 22.1. The highest BCUT2D eigenvalue weighted by atomic mass is 32.2. The standard InChI is InChI=1S/C22H31N5O3S/c1-17(18-7-4-3-5-8-18)25(2)20(28)16-31-22-24-23-21(26-10-13-29-14-11-26)27(22)15-19-9-6-12-30-19/h3-5,7-8,17,19H,6,9-16H2,1-2H3. The van der Waals surface area contributed by atoms with Gasteiger partial charge in [0.25, 0.3) is 0 Å². The van der Waals surface area contributed by atoms with E-state index in [1.54, 1.807) is 4.90 Å². The summed E-state index contributed by atoms with van der Waals surface area (Å²) in [6.07, 6.45) is 2.30. The zero-order chi connectivity index (χ0) is 21.6. The van der Waals surface area contributed by atoms with Crippen molar-refractivity contribution in [2.24, 2.45) is 0 Å². The van der Waals surface area contributed by atoms with Gasteiger partial charge in [-0.25, -0.2) is 0 Å². The molecule has 4 rings (SSSR count). The number of anilines is 1. The van der Waals surface area contributed by atoms with Crippen molar-refractivity contribution >= 4 is 23.6 Å². The van der Waals surface area contributed by atoms with E-state index in [4.69, 9.17) is 9.47 Å². The molecule has 2 saturated heterocycles. The van der Waals surface area contributed by atoms with Gasteiger partial charge in [-0.05, 0) is 25.3 Å². The molecule has 2 aliphatic heterocycles. The first-order valence-electron chi connectivity index (χ1n) is 10.9. The number of amides is 1. The van der Waals surface area contributed by atoms with Crippen molar-refractivity contribution in [2.45, 2.75) is 43.6 Å². The first-order chi connectivity index (χ1) is 15.1. The van der Waals surface area contributed by atoms with E-state index in [9.17, 15) is 4.79 Å². The number of hydrogen-bond acceptors (Lipinski definition) is 7. The molecule has 3 heterocycles. The summed E-state index contributed by atoms with van der Waals surface area (Å²) in [6.45, 7) is 6.55. The Labute approximate surface area is 187 Å². The molecular weight excluding hydrogens is 414 g/mol.